The SMILES string of the molecule is CC(=O)C1C(C(=O)c2ccc(Cl)cc2)C2(C(=O)Nc3ccccc32)C2C=Cc3cc(Cl)ccc3N12. The molecule has 3 aliphatic rings. The van der Waals surface area contributed by atoms with Gasteiger partial charge >= 0.3 is 0 Å². The standard InChI is InChI=1S/C28H20Cl2N2O3/c1-15(33)25-24(26(34)16-6-9-18(29)10-7-16)28(20-4-2-3-5-21(20)31-27(28)35)23-13-8-17-14-19(30)11-12-22(17)32(23)25/h2-14,23-25H,1H3,(H,31,35). The molecule has 7 heteroatoms. The van der Waals surface area contributed by atoms with Gasteiger partial charge in [0, 0.05) is 27.0 Å². The lowest BCUT2D eigenvalue weighted by Crippen LogP contribution is -2.51. The number of fused-ring (bicyclic) bond motifs is 6. The summed E-state index contributed by atoms with van der Waals surface area (Å²) in [7, 11) is 0. The van der Waals surface area contributed by atoms with Gasteiger partial charge in [-0.15, -0.1) is 0 Å². The molecule has 35 heavy (non-hydrogen) atoms. The van der Waals surface area contributed by atoms with Gasteiger partial charge in [0.1, 0.15) is 5.41 Å². The molecule has 0 radical (unpaired) electrons. The average molecular weight is 503 g/mol. The topological polar surface area (TPSA) is 66.5 Å². The Morgan fingerprint density at radius 2 is 1.69 bits per heavy atom. The predicted molar refractivity (Wildman–Crippen MR) is 137 cm³/mol. The van der Waals surface area contributed by atoms with Crippen LogP contribution in [-0.2, 0) is 15.0 Å². The fourth-order valence-electron chi connectivity index (χ4n) is 6.10. The first kappa shape index (κ1) is 22.1. The summed E-state index contributed by atoms with van der Waals surface area (Å²) < 4.78 is 0. The van der Waals surface area contributed by atoms with Crippen molar-refractivity contribution in [1.82, 2.24) is 0 Å². The van der Waals surface area contributed by atoms with Gasteiger partial charge < -0.3 is 10.2 Å². The maximum absolute atomic E-state index is 14.3. The van der Waals surface area contributed by atoms with Gasteiger partial charge in [0.05, 0.1) is 18.0 Å². The molecule has 0 aromatic heterocycles. The maximum Gasteiger partial charge on any atom is 0.238 e. The summed E-state index contributed by atoms with van der Waals surface area (Å²) >= 11 is 12.3. The average Bonchev–Trinajstić information content (AvgIpc) is 3.32. The lowest BCUT2D eigenvalue weighted by Gasteiger charge is -2.37. The summed E-state index contributed by atoms with van der Waals surface area (Å²) in [6.07, 6.45) is 3.84. The molecule has 1 spiro atoms. The van der Waals surface area contributed by atoms with Crippen molar-refractivity contribution in [2.24, 2.45) is 5.92 Å². The summed E-state index contributed by atoms with van der Waals surface area (Å²) in [5, 5.41) is 4.06. The smallest absolute Gasteiger partial charge is 0.238 e. The highest BCUT2D eigenvalue weighted by Gasteiger charge is 2.69. The number of nitrogens with zero attached hydrogens (tertiary/aromatic N) is 1. The van der Waals surface area contributed by atoms with E-state index in [0.29, 0.717) is 21.3 Å². The van der Waals surface area contributed by atoms with Crippen LogP contribution in [0.4, 0.5) is 11.4 Å². The number of anilines is 2. The van der Waals surface area contributed by atoms with Gasteiger partial charge in [0.2, 0.25) is 5.91 Å². The molecule has 3 heterocycles. The molecule has 4 atom stereocenters. The summed E-state index contributed by atoms with van der Waals surface area (Å²) in [6.45, 7) is 1.48. The van der Waals surface area contributed by atoms with Gasteiger partial charge in [-0.05, 0) is 66.6 Å². The monoisotopic (exact) mass is 502 g/mol. The van der Waals surface area contributed by atoms with Crippen LogP contribution in [0.2, 0.25) is 10.0 Å². The molecule has 174 valence electrons. The second-order valence-electron chi connectivity index (χ2n) is 9.19. The van der Waals surface area contributed by atoms with Gasteiger partial charge in [-0.3, -0.25) is 14.4 Å². The van der Waals surface area contributed by atoms with Gasteiger partial charge in [0.15, 0.2) is 11.6 Å². The van der Waals surface area contributed by atoms with Gasteiger partial charge in [-0.1, -0.05) is 53.6 Å². The van der Waals surface area contributed by atoms with Crippen LogP contribution in [0.5, 0.6) is 0 Å². The van der Waals surface area contributed by atoms with Crippen LogP contribution in [0, 0.1) is 5.92 Å². The highest BCUT2D eigenvalue weighted by molar-refractivity contribution is 6.31. The van der Waals surface area contributed by atoms with Crippen LogP contribution in [0.1, 0.15) is 28.4 Å². The van der Waals surface area contributed by atoms with Crippen molar-refractivity contribution < 1.29 is 14.4 Å². The Morgan fingerprint density at radius 1 is 0.971 bits per heavy atom. The molecular formula is C28H20Cl2N2O3. The zero-order valence-corrected chi connectivity index (χ0v) is 20.2. The molecule has 5 nitrogen and oxygen atoms in total. The molecule has 1 N–H and O–H groups in total. The molecule has 3 aromatic carbocycles. The summed E-state index contributed by atoms with van der Waals surface area (Å²) in [4.78, 5) is 43.5. The van der Waals surface area contributed by atoms with E-state index in [4.69, 9.17) is 23.2 Å². The Bertz CT molecular complexity index is 1450. The van der Waals surface area contributed by atoms with E-state index in [2.05, 4.69) is 5.32 Å². The first-order valence-corrected chi connectivity index (χ1v) is 12.1. The molecule has 1 amide bonds. The number of nitrogens with one attached hydrogen (secondary N) is 1. The number of ketones is 2. The fourth-order valence-corrected chi connectivity index (χ4v) is 6.40. The predicted octanol–water partition coefficient (Wildman–Crippen LogP) is 5.56. The Kier molecular flexibility index (Phi) is 4.92. The quantitative estimate of drug-likeness (QED) is 0.476. The Morgan fingerprint density at radius 3 is 2.43 bits per heavy atom. The summed E-state index contributed by atoms with van der Waals surface area (Å²) in [5.74, 6) is -1.70. The van der Waals surface area contributed by atoms with E-state index in [1.807, 2.05) is 53.5 Å². The normalized spacial score (nSPS) is 25.7. The number of amides is 1. The van der Waals surface area contributed by atoms with E-state index >= 15 is 0 Å². The largest absolute Gasteiger partial charge is 0.352 e. The van der Waals surface area contributed by atoms with Crippen molar-refractivity contribution in [2.75, 3.05) is 10.2 Å². The highest BCUT2D eigenvalue weighted by atomic mass is 35.5. The Balaban J connectivity index is 1.65. The Labute approximate surface area is 212 Å². The molecule has 0 aliphatic carbocycles. The fraction of sp³-hybridized carbons (Fsp3) is 0.179. The highest BCUT2D eigenvalue weighted by Crippen LogP contribution is 2.57. The van der Waals surface area contributed by atoms with Crippen LogP contribution < -0.4 is 10.2 Å². The van der Waals surface area contributed by atoms with Crippen molar-refractivity contribution in [3.05, 3.63) is 99.5 Å². The maximum atomic E-state index is 14.3. The number of rotatable bonds is 3. The zero-order valence-electron chi connectivity index (χ0n) is 18.7. The third kappa shape index (κ3) is 2.98. The molecule has 1 saturated heterocycles. The van der Waals surface area contributed by atoms with Gasteiger partial charge in [-0.25, -0.2) is 0 Å². The van der Waals surface area contributed by atoms with E-state index < -0.39 is 23.4 Å². The van der Waals surface area contributed by atoms with Crippen LogP contribution in [0.3, 0.4) is 0 Å². The number of benzene rings is 3. The third-order valence-electron chi connectivity index (χ3n) is 7.42. The van der Waals surface area contributed by atoms with Crippen LogP contribution in [-0.4, -0.2) is 29.6 Å². The molecule has 0 saturated carbocycles. The molecule has 6 rings (SSSR count). The second-order valence-corrected chi connectivity index (χ2v) is 10.1. The molecule has 4 unspecified atom stereocenters. The van der Waals surface area contributed by atoms with Crippen LogP contribution >= 0.6 is 23.2 Å². The van der Waals surface area contributed by atoms with E-state index in [0.717, 1.165) is 16.8 Å². The third-order valence-corrected chi connectivity index (χ3v) is 7.91. The summed E-state index contributed by atoms with van der Waals surface area (Å²) in [5.41, 5.74) is 2.09. The van der Waals surface area contributed by atoms with Crippen molar-refractivity contribution in [3.8, 4) is 0 Å². The minimum absolute atomic E-state index is 0.187. The Hall–Kier alpha value is -3.41. The first-order chi connectivity index (χ1) is 16.8. The molecule has 0 bridgehead atoms. The van der Waals surface area contributed by atoms with Gasteiger partial charge in [-0.2, -0.15) is 0 Å². The van der Waals surface area contributed by atoms with E-state index in [1.54, 1.807) is 30.3 Å². The minimum atomic E-state index is -1.29. The van der Waals surface area contributed by atoms with Gasteiger partial charge in [0.25, 0.3) is 0 Å². The number of hydrogen-bond acceptors (Lipinski definition) is 4. The lowest BCUT2D eigenvalue weighted by molar-refractivity contribution is -0.122. The van der Waals surface area contributed by atoms with Crippen molar-refractivity contribution in [1.29, 1.82) is 0 Å². The molecule has 1 fully saturated rings. The van der Waals surface area contributed by atoms with Crippen molar-refractivity contribution in [3.63, 3.8) is 0 Å². The number of halogens is 2. The van der Waals surface area contributed by atoms with Crippen LogP contribution in [0.25, 0.3) is 6.08 Å². The number of hydrogen-bond donors (Lipinski definition) is 1. The lowest BCUT2D eigenvalue weighted by atomic mass is 9.64. The number of Topliss-reactive ketones (excluding diaryl/α,β-unsaturated/α-hetero) is 2. The zero-order chi connectivity index (χ0) is 24.5. The molecule has 3 aromatic rings. The van der Waals surface area contributed by atoms with E-state index in [-0.39, 0.29) is 17.5 Å². The van der Waals surface area contributed by atoms with E-state index in [9.17, 15) is 14.4 Å². The number of carbonyl (C=O) groups excluding carboxylic acids is 3. The molecule has 3 aliphatic heterocycles. The molecular weight excluding hydrogens is 483 g/mol. The number of carbonyl (C=O) groups is 3. The second kappa shape index (κ2) is 7.80. The van der Waals surface area contributed by atoms with Crippen molar-refractivity contribution >= 4 is 58.1 Å². The summed E-state index contributed by atoms with van der Waals surface area (Å²) in [6, 6.07) is 18.0. The number of para-hydroxylation sites is 1. The van der Waals surface area contributed by atoms with E-state index in [1.165, 1.54) is 6.92 Å². The minimum Gasteiger partial charge on any atom is -0.352 e. The van der Waals surface area contributed by atoms with Crippen molar-refractivity contribution in [2.45, 2.75) is 24.4 Å². The van der Waals surface area contributed by atoms with Crippen LogP contribution in [0.15, 0.2) is 72.8 Å². The first-order valence-electron chi connectivity index (χ1n) is 11.3.